The third-order valence-corrected chi connectivity index (χ3v) is 3.59. The number of aliphatic hydroxyl groups is 1. The zero-order chi connectivity index (χ0) is 13.1. The largest absolute Gasteiger partial charge is 0.464 e. The molecule has 0 bridgehead atoms. The van der Waals surface area contributed by atoms with Crippen molar-refractivity contribution in [2.45, 2.75) is 19.4 Å². The maximum atomic E-state index is 9.56. The average molecular weight is 247 g/mol. The summed E-state index contributed by atoms with van der Waals surface area (Å²) in [5, 5.41) is 10.7. The Bertz CT molecular complexity index is 500. The SMILES string of the molecule is CCC(CO)C(c1coc2ccccc12)N(C)C. The van der Waals surface area contributed by atoms with Gasteiger partial charge in [-0.1, -0.05) is 25.1 Å². The summed E-state index contributed by atoms with van der Waals surface area (Å²) in [4.78, 5) is 2.15. The summed E-state index contributed by atoms with van der Waals surface area (Å²) in [6, 6.07) is 8.24. The molecular weight excluding hydrogens is 226 g/mol. The monoisotopic (exact) mass is 247 g/mol. The summed E-state index contributed by atoms with van der Waals surface area (Å²) in [6.45, 7) is 2.30. The predicted octanol–water partition coefficient (Wildman–Crippen LogP) is 3.05. The van der Waals surface area contributed by atoms with E-state index in [0.717, 1.165) is 23.0 Å². The number of fused-ring (bicyclic) bond motifs is 1. The number of rotatable bonds is 5. The molecule has 0 radical (unpaired) electrons. The minimum Gasteiger partial charge on any atom is -0.464 e. The normalized spacial score (nSPS) is 15.2. The maximum Gasteiger partial charge on any atom is 0.134 e. The predicted molar refractivity (Wildman–Crippen MR) is 73.5 cm³/mol. The fourth-order valence-corrected chi connectivity index (χ4v) is 2.63. The summed E-state index contributed by atoms with van der Waals surface area (Å²) in [7, 11) is 4.09. The first kappa shape index (κ1) is 13.1. The molecule has 0 aliphatic heterocycles. The molecule has 1 aromatic heterocycles. The van der Waals surface area contributed by atoms with Crippen LogP contribution in [0.4, 0.5) is 0 Å². The topological polar surface area (TPSA) is 36.6 Å². The fraction of sp³-hybridized carbons (Fsp3) is 0.467. The second-order valence-electron chi connectivity index (χ2n) is 4.95. The maximum absolute atomic E-state index is 9.56. The van der Waals surface area contributed by atoms with Gasteiger partial charge in [-0.3, -0.25) is 0 Å². The molecule has 1 aromatic carbocycles. The lowest BCUT2D eigenvalue weighted by Crippen LogP contribution is -2.29. The number of nitrogens with zero attached hydrogens (tertiary/aromatic N) is 1. The Kier molecular flexibility index (Phi) is 4.04. The summed E-state index contributed by atoms with van der Waals surface area (Å²) < 4.78 is 5.61. The van der Waals surface area contributed by atoms with Crippen molar-refractivity contribution in [3.05, 3.63) is 36.1 Å². The van der Waals surface area contributed by atoms with Crippen molar-refractivity contribution < 1.29 is 9.52 Å². The Balaban J connectivity index is 2.48. The highest BCUT2D eigenvalue weighted by atomic mass is 16.3. The number of hydrogen-bond donors (Lipinski definition) is 1. The second-order valence-corrected chi connectivity index (χ2v) is 4.95. The Morgan fingerprint density at radius 3 is 2.61 bits per heavy atom. The van der Waals surface area contributed by atoms with Crippen LogP contribution in [-0.2, 0) is 0 Å². The van der Waals surface area contributed by atoms with E-state index in [1.54, 1.807) is 0 Å². The van der Waals surface area contributed by atoms with Crippen molar-refractivity contribution in [1.29, 1.82) is 0 Å². The summed E-state index contributed by atoms with van der Waals surface area (Å²) in [5.74, 6) is 0.223. The highest BCUT2D eigenvalue weighted by Crippen LogP contribution is 2.34. The van der Waals surface area contributed by atoms with Crippen LogP contribution < -0.4 is 0 Å². The molecule has 0 saturated carbocycles. The van der Waals surface area contributed by atoms with Gasteiger partial charge in [0, 0.05) is 29.5 Å². The summed E-state index contributed by atoms with van der Waals surface area (Å²) in [5.41, 5.74) is 2.07. The van der Waals surface area contributed by atoms with Crippen molar-refractivity contribution in [1.82, 2.24) is 4.90 Å². The van der Waals surface area contributed by atoms with Crippen LogP contribution in [0, 0.1) is 5.92 Å². The van der Waals surface area contributed by atoms with Gasteiger partial charge in [-0.15, -0.1) is 0 Å². The summed E-state index contributed by atoms with van der Waals surface area (Å²) >= 11 is 0. The lowest BCUT2D eigenvalue weighted by atomic mass is 9.90. The van der Waals surface area contributed by atoms with E-state index in [4.69, 9.17) is 4.42 Å². The number of para-hydroxylation sites is 1. The zero-order valence-corrected chi connectivity index (χ0v) is 11.3. The first-order valence-electron chi connectivity index (χ1n) is 6.42. The van der Waals surface area contributed by atoms with Crippen LogP contribution in [0.1, 0.15) is 24.9 Å². The Morgan fingerprint density at radius 1 is 1.28 bits per heavy atom. The van der Waals surface area contributed by atoms with Crippen LogP contribution in [0.25, 0.3) is 11.0 Å². The van der Waals surface area contributed by atoms with Gasteiger partial charge in [-0.05, 0) is 26.6 Å². The van der Waals surface area contributed by atoms with Crippen LogP contribution in [0.2, 0.25) is 0 Å². The van der Waals surface area contributed by atoms with Gasteiger partial charge in [-0.25, -0.2) is 0 Å². The molecule has 98 valence electrons. The van der Waals surface area contributed by atoms with Crippen LogP contribution in [0.3, 0.4) is 0 Å². The molecule has 2 unspecified atom stereocenters. The third kappa shape index (κ3) is 2.28. The second kappa shape index (κ2) is 5.55. The van der Waals surface area contributed by atoms with Gasteiger partial charge >= 0.3 is 0 Å². The number of benzene rings is 1. The van der Waals surface area contributed by atoms with Crippen LogP contribution in [0.15, 0.2) is 34.9 Å². The zero-order valence-electron chi connectivity index (χ0n) is 11.3. The molecule has 1 heterocycles. The van der Waals surface area contributed by atoms with Crippen LogP contribution in [0.5, 0.6) is 0 Å². The molecule has 0 aliphatic rings. The van der Waals surface area contributed by atoms with E-state index < -0.39 is 0 Å². The van der Waals surface area contributed by atoms with E-state index in [1.165, 1.54) is 0 Å². The van der Waals surface area contributed by atoms with Gasteiger partial charge in [0.15, 0.2) is 0 Å². The highest BCUT2D eigenvalue weighted by molar-refractivity contribution is 5.81. The molecule has 0 fully saturated rings. The van der Waals surface area contributed by atoms with E-state index in [9.17, 15) is 5.11 Å². The Labute approximate surface area is 108 Å². The molecule has 2 aromatic rings. The minimum atomic E-state index is 0.184. The summed E-state index contributed by atoms with van der Waals surface area (Å²) in [6.07, 6.45) is 2.77. The molecule has 2 rings (SSSR count). The molecule has 0 amide bonds. The van der Waals surface area contributed by atoms with Gasteiger partial charge in [-0.2, -0.15) is 0 Å². The first-order chi connectivity index (χ1) is 8.69. The van der Waals surface area contributed by atoms with Gasteiger partial charge < -0.3 is 14.4 Å². The van der Waals surface area contributed by atoms with Gasteiger partial charge in [0.2, 0.25) is 0 Å². The quantitative estimate of drug-likeness (QED) is 0.882. The van der Waals surface area contributed by atoms with E-state index in [1.807, 2.05) is 38.6 Å². The van der Waals surface area contributed by atoms with E-state index in [0.29, 0.717) is 0 Å². The van der Waals surface area contributed by atoms with Gasteiger partial charge in [0.25, 0.3) is 0 Å². The lowest BCUT2D eigenvalue weighted by Gasteiger charge is -2.30. The molecule has 3 heteroatoms. The van der Waals surface area contributed by atoms with E-state index in [2.05, 4.69) is 17.9 Å². The molecule has 0 spiro atoms. The first-order valence-corrected chi connectivity index (χ1v) is 6.42. The number of hydrogen-bond acceptors (Lipinski definition) is 3. The van der Waals surface area contributed by atoms with Gasteiger partial charge in [0.1, 0.15) is 5.58 Å². The molecule has 3 nitrogen and oxygen atoms in total. The van der Waals surface area contributed by atoms with E-state index >= 15 is 0 Å². The Morgan fingerprint density at radius 2 is 2.00 bits per heavy atom. The van der Waals surface area contributed by atoms with E-state index in [-0.39, 0.29) is 18.6 Å². The average Bonchev–Trinajstić information content (AvgIpc) is 2.79. The van der Waals surface area contributed by atoms with Crippen molar-refractivity contribution in [2.24, 2.45) is 5.92 Å². The molecule has 18 heavy (non-hydrogen) atoms. The number of aliphatic hydroxyl groups excluding tert-OH is 1. The van der Waals surface area contributed by atoms with Crippen LogP contribution in [-0.4, -0.2) is 30.7 Å². The van der Waals surface area contributed by atoms with Crippen molar-refractivity contribution in [3.8, 4) is 0 Å². The third-order valence-electron chi connectivity index (χ3n) is 3.59. The molecule has 2 atom stereocenters. The minimum absolute atomic E-state index is 0.184. The van der Waals surface area contributed by atoms with Crippen molar-refractivity contribution in [3.63, 3.8) is 0 Å². The molecular formula is C15H21NO2. The van der Waals surface area contributed by atoms with Gasteiger partial charge in [0.05, 0.1) is 6.26 Å². The highest BCUT2D eigenvalue weighted by Gasteiger charge is 2.26. The number of furan rings is 1. The van der Waals surface area contributed by atoms with Crippen molar-refractivity contribution >= 4 is 11.0 Å². The standard InChI is InChI=1S/C15H21NO2/c1-4-11(9-17)15(16(2)3)13-10-18-14-8-6-5-7-12(13)14/h5-8,10-11,15,17H,4,9H2,1-3H3. The Hall–Kier alpha value is -1.32. The van der Waals surface area contributed by atoms with Crippen LogP contribution >= 0.6 is 0 Å². The fourth-order valence-electron chi connectivity index (χ4n) is 2.63. The molecule has 0 saturated heterocycles. The smallest absolute Gasteiger partial charge is 0.134 e. The molecule has 0 aliphatic carbocycles. The molecule has 1 N–H and O–H groups in total. The van der Waals surface area contributed by atoms with Crippen molar-refractivity contribution in [2.75, 3.05) is 20.7 Å². The lowest BCUT2D eigenvalue weighted by molar-refractivity contribution is 0.131.